The van der Waals surface area contributed by atoms with Crippen LogP contribution in [0.15, 0.2) is 78.9 Å². The number of carboxylic acids is 1. The van der Waals surface area contributed by atoms with Crippen LogP contribution in [-0.2, 0) is 16.1 Å². The molecule has 4 rings (SSSR count). The van der Waals surface area contributed by atoms with Crippen LogP contribution in [0.25, 0.3) is 17.2 Å². The van der Waals surface area contributed by atoms with E-state index >= 15 is 0 Å². The summed E-state index contributed by atoms with van der Waals surface area (Å²) in [6.45, 7) is 0.422. The molecule has 174 valence electrons. The molecule has 4 nitrogen and oxygen atoms in total. The van der Waals surface area contributed by atoms with Crippen LogP contribution >= 0.6 is 0 Å². The molecule has 0 spiro atoms. The van der Waals surface area contributed by atoms with E-state index in [1.54, 1.807) is 12.1 Å². The van der Waals surface area contributed by atoms with Gasteiger partial charge >= 0.3 is 5.97 Å². The van der Waals surface area contributed by atoms with Gasteiger partial charge in [0.2, 0.25) is 5.91 Å². The molecule has 0 aromatic heterocycles. The molecule has 0 bridgehead atoms. The van der Waals surface area contributed by atoms with Crippen molar-refractivity contribution in [1.82, 2.24) is 0 Å². The van der Waals surface area contributed by atoms with Crippen molar-refractivity contribution < 1.29 is 19.1 Å². The van der Waals surface area contributed by atoms with E-state index in [2.05, 4.69) is 0 Å². The van der Waals surface area contributed by atoms with Gasteiger partial charge in [0.05, 0.1) is 6.54 Å². The minimum absolute atomic E-state index is 0.00505. The summed E-state index contributed by atoms with van der Waals surface area (Å²) in [5.41, 5.74) is 4.39. The number of hydrogen-bond donors (Lipinski definition) is 1. The van der Waals surface area contributed by atoms with Gasteiger partial charge in [-0.1, -0.05) is 67.8 Å². The van der Waals surface area contributed by atoms with Gasteiger partial charge in [0.1, 0.15) is 5.82 Å². The fourth-order valence-electron chi connectivity index (χ4n) is 4.46. The largest absolute Gasteiger partial charge is 0.478 e. The van der Waals surface area contributed by atoms with Gasteiger partial charge in [-0.2, -0.15) is 0 Å². The minimum Gasteiger partial charge on any atom is -0.478 e. The Bertz CT molecular complexity index is 1160. The molecular weight excluding hydrogens is 429 g/mol. The first-order valence-corrected chi connectivity index (χ1v) is 11.7. The van der Waals surface area contributed by atoms with Gasteiger partial charge in [0.15, 0.2) is 0 Å². The first-order valence-electron chi connectivity index (χ1n) is 11.7. The zero-order chi connectivity index (χ0) is 23.9. The molecule has 34 heavy (non-hydrogen) atoms. The van der Waals surface area contributed by atoms with Crippen LogP contribution in [0.1, 0.15) is 43.2 Å². The summed E-state index contributed by atoms with van der Waals surface area (Å²) < 4.78 is 13.2. The number of benzene rings is 3. The number of carboxylic acid groups (broad SMARTS) is 1. The summed E-state index contributed by atoms with van der Waals surface area (Å²) in [5.74, 6) is -1.16. The second-order valence-electron chi connectivity index (χ2n) is 8.73. The van der Waals surface area contributed by atoms with Gasteiger partial charge in [-0.05, 0) is 65.4 Å². The summed E-state index contributed by atoms with van der Waals surface area (Å²) in [4.78, 5) is 26.3. The van der Waals surface area contributed by atoms with E-state index < -0.39 is 5.97 Å². The van der Waals surface area contributed by atoms with Crippen molar-refractivity contribution in [3.05, 3.63) is 95.8 Å². The highest BCUT2D eigenvalue weighted by Crippen LogP contribution is 2.30. The van der Waals surface area contributed by atoms with Crippen LogP contribution in [0.3, 0.4) is 0 Å². The molecule has 1 fully saturated rings. The van der Waals surface area contributed by atoms with Gasteiger partial charge in [-0.25, -0.2) is 9.18 Å². The van der Waals surface area contributed by atoms with Crippen molar-refractivity contribution in [2.24, 2.45) is 5.92 Å². The maximum absolute atomic E-state index is 13.6. The molecule has 1 saturated carbocycles. The van der Waals surface area contributed by atoms with Gasteiger partial charge in [-0.15, -0.1) is 0 Å². The number of halogens is 1. The highest BCUT2D eigenvalue weighted by atomic mass is 19.1. The van der Waals surface area contributed by atoms with Crippen molar-refractivity contribution in [3.8, 4) is 11.1 Å². The quantitative estimate of drug-likeness (QED) is 0.402. The zero-order valence-electron chi connectivity index (χ0n) is 19.0. The molecule has 1 aliphatic carbocycles. The monoisotopic (exact) mass is 457 g/mol. The summed E-state index contributed by atoms with van der Waals surface area (Å²) in [7, 11) is 0. The van der Waals surface area contributed by atoms with Crippen molar-refractivity contribution >= 4 is 23.6 Å². The van der Waals surface area contributed by atoms with Gasteiger partial charge in [0.25, 0.3) is 0 Å². The normalized spacial score (nSPS) is 14.3. The average Bonchev–Trinajstić information content (AvgIpc) is 2.87. The number of nitrogens with zero attached hydrogens (tertiary/aromatic N) is 1. The molecule has 3 aromatic rings. The number of anilines is 1. The first kappa shape index (κ1) is 23.4. The molecule has 1 aliphatic rings. The van der Waals surface area contributed by atoms with Crippen molar-refractivity contribution in [1.29, 1.82) is 0 Å². The van der Waals surface area contributed by atoms with E-state index in [4.69, 9.17) is 5.11 Å². The van der Waals surface area contributed by atoms with E-state index in [1.165, 1.54) is 24.6 Å². The molecule has 5 heteroatoms. The third kappa shape index (κ3) is 5.98. The second-order valence-corrected chi connectivity index (χ2v) is 8.73. The molecule has 1 N–H and O–H groups in total. The second kappa shape index (κ2) is 10.9. The lowest BCUT2D eigenvalue weighted by atomic mass is 9.88. The SMILES string of the molecule is O=C(O)C=Cc1cccc(N(Cc2ccc(-c3ccc(F)cc3)cc2)C(=O)C2CCCCC2)c1. The van der Waals surface area contributed by atoms with Gasteiger partial charge < -0.3 is 10.0 Å². The Hall–Kier alpha value is -3.73. The summed E-state index contributed by atoms with van der Waals surface area (Å²) in [6.07, 6.45) is 7.74. The predicted octanol–water partition coefficient (Wildman–Crippen LogP) is 6.70. The Morgan fingerprint density at radius 3 is 2.21 bits per heavy atom. The molecule has 0 heterocycles. The first-order chi connectivity index (χ1) is 16.5. The van der Waals surface area contributed by atoms with E-state index in [-0.39, 0.29) is 17.6 Å². The van der Waals surface area contributed by atoms with Crippen LogP contribution in [-0.4, -0.2) is 17.0 Å². The van der Waals surface area contributed by atoms with Crippen molar-refractivity contribution in [2.45, 2.75) is 38.6 Å². The zero-order valence-corrected chi connectivity index (χ0v) is 19.0. The third-order valence-corrected chi connectivity index (χ3v) is 6.29. The Labute approximate surface area is 199 Å². The Balaban J connectivity index is 1.60. The lowest BCUT2D eigenvalue weighted by Gasteiger charge is -2.30. The van der Waals surface area contributed by atoms with Crippen LogP contribution in [0.2, 0.25) is 0 Å². The Morgan fingerprint density at radius 2 is 1.56 bits per heavy atom. The third-order valence-electron chi connectivity index (χ3n) is 6.29. The Morgan fingerprint density at radius 1 is 0.912 bits per heavy atom. The number of amides is 1. The van der Waals surface area contributed by atoms with E-state index in [9.17, 15) is 14.0 Å². The topological polar surface area (TPSA) is 57.6 Å². The fraction of sp³-hybridized carbons (Fsp3) is 0.241. The molecular formula is C29H28FNO3. The van der Waals surface area contributed by atoms with Crippen LogP contribution < -0.4 is 4.90 Å². The molecule has 0 saturated heterocycles. The molecule has 0 atom stereocenters. The van der Waals surface area contributed by atoms with Crippen molar-refractivity contribution in [2.75, 3.05) is 4.90 Å². The lowest BCUT2D eigenvalue weighted by molar-refractivity contribution is -0.131. The number of aliphatic carboxylic acids is 1. The standard InChI is InChI=1S/C29H28FNO3/c30-26-16-14-24(15-17-26)23-12-9-22(10-13-23)20-31(29(34)25-6-2-1-3-7-25)27-8-4-5-21(19-27)11-18-28(32)33/h4-5,8-19,25H,1-3,6-7,20H2,(H,32,33). The number of carbonyl (C=O) groups excluding carboxylic acids is 1. The maximum atomic E-state index is 13.6. The van der Waals surface area contributed by atoms with Gasteiger partial charge in [0, 0.05) is 17.7 Å². The van der Waals surface area contributed by atoms with Gasteiger partial charge in [-0.3, -0.25) is 4.79 Å². The molecule has 0 radical (unpaired) electrons. The van der Waals surface area contributed by atoms with E-state index in [0.717, 1.165) is 59.7 Å². The smallest absolute Gasteiger partial charge is 0.328 e. The lowest BCUT2D eigenvalue weighted by Crippen LogP contribution is -2.36. The molecule has 0 aliphatic heterocycles. The maximum Gasteiger partial charge on any atom is 0.328 e. The fourth-order valence-corrected chi connectivity index (χ4v) is 4.46. The molecule has 1 amide bonds. The minimum atomic E-state index is -1.01. The van der Waals surface area contributed by atoms with Crippen LogP contribution in [0.4, 0.5) is 10.1 Å². The van der Waals surface area contributed by atoms with E-state index in [1.807, 2.05) is 53.4 Å². The molecule has 3 aromatic carbocycles. The Kier molecular flexibility index (Phi) is 7.53. The number of carbonyl (C=O) groups is 2. The highest BCUT2D eigenvalue weighted by Gasteiger charge is 2.27. The average molecular weight is 458 g/mol. The number of rotatable bonds is 7. The summed E-state index contributed by atoms with van der Waals surface area (Å²) in [5, 5.41) is 8.95. The van der Waals surface area contributed by atoms with E-state index in [0.29, 0.717) is 6.54 Å². The predicted molar refractivity (Wildman–Crippen MR) is 133 cm³/mol. The molecule has 0 unspecified atom stereocenters. The summed E-state index contributed by atoms with van der Waals surface area (Å²) in [6, 6.07) is 21.8. The highest BCUT2D eigenvalue weighted by molar-refractivity contribution is 5.95. The van der Waals surface area contributed by atoms with Crippen molar-refractivity contribution in [3.63, 3.8) is 0 Å². The van der Waals surface area contributed by atoms with Crippen LogP contribution in [0.5, 0.6) is 0 Å². The van der Waals surface area contributed by atoms with Crippen LogP contribution in [0, 0.1) is 11.7 Å². The summed E-state index contributed by atoms with van der Waals surface area (Å²) >= 11 is 0. The number of hydrogen-bond acceptors (Lipinski definition) is 2.